The fraction of sp³-hybridized carbons (Fsp3) is 0.909. The first-order valence-electron chi connectivity index (χ1n) is 5.67. The summed E-state index contributed by atoms with van der Waals surface area (Å²) in [5.74, 6) is -1.20. The summed E-state index contributed by atoms with van der Waals surface area (Å²) in [6.45, 7) is 4.28. The van der Waals surface area contributed by atoms with Crippen LogP contribution in [0.25, 0.3) is 0 Å². The SMILES string of the molecule is CC(=O)O[C@@H]1[C@H]2OC(C)(C)O[C@H]2O[C@@H]1CCF. The second-order valence-corrected chi connectivity index (χ2v) is 4.69. The van der Waals surface area contributed by atoms with Crippen LogP contribution >= 0.6 is 0 Å². The second-order valence-electron chi connectivity index (χ2n) is 4.69. The maximum atomic E-state index is 12.4. The molecule has 2 saturated heterocycles. The predicted molar refractivity (Wildman–Crippen MR) is 54.8 cm³/mol. The number of hydrogen-bond acceptors (Lipinski definition) is 5. The van der Waals surface area contributed by atoms with Gasteiger partial charge < -0.3 is 18.9 Å². The number of carbonyl (C=O) groups excluding carboxylic acids is 1. The Hall–Kier alpha value is -0.720. The van der Waals surface area contributed by atoms with Crippen molar-refractivity contribution in [2.45, 2.75) is 57.6 Å². The van der Waals surface area contributed by atoms with E-state index in [2.05, 4.69) is 0 Å². The Bertz CT molecular complexity index is 306. The standard InChI is InChI=1S/C11H17FO5/c1-6(13)14-8-7(4-5-12)15-10-9(8)16-11(2,3)17-10/h7-10H,4-5H2,1-3H3/t7-,8+,9-,10-/m1/s1. The van der Waals surface area contributed by atoms with Crippen molar-refractivity contribution in [2.24, 2.45) is 0 Å². The molecule has 4 atom stereocenters. The Morgan fingerprint density at radius 3 is 2.71 bits per heavy atom. The van der Waals surface area contributed by atoms with Gasteiger partial charge in [0, 0.05) is 13.3 Å². The van der Waals surface area contributed by atoms with Gasteiger partial charge in [0.2, 0.25) is 0 Å². The van der Waals surface area contributed by atoms with Crippen LogP contribution < -0.4 is 0 Å². The van der Waals surface area contributed by atoms with Crippen LogP contribution in [-0.2, 0) is 23.7 Å². The Labute approximate surface area is 99.2 Å². The number of ether oxygens (including phenoxy) is 4. The molecule has 2 rings (SSSR count). The lowest BCUT2D eigenvalue weighted by Crippen LogP contribution is -2.38. The van der Waals surface area contributed by atoms with Gasteiger partial charge in [-0.05, 0) is 13.8 Å². The molecule has 2 heterocycles. The van der Waals surface area contributed by atoms with Crippen molar-refractivity contribution in [1.82, 2.24) is 0 Å². The molecule has 0 N–H and O–H groups in total. The summed E-state index contributed by atoms with van der Waals surface area (Å²) < 4.78 is 34.2. The van der Waals surface area contributed by atoms with Gasteiger partial charge in [-0.3, -0.25) is 9.18 Å². The zero-order chi connectivity index (χ0) is 12.6. The molecular weight excluding hydrogens is 231 g/mol. The molecule has 6 heteroatoms. The van der Waals surface area contributed by atoms with Crippen LogP contribution in [0.1, 0.15) is 27.2 Å². The predicted octanol–water partition coefficient (Wildman–Crippen LogP) is 1.15. The highest BCUT2D eigenvalue weighted by molar-refractivity contribution is 5.66. The minimum Gasteiger partial charge on any atom is -0.457 e. The molecule has 2 aliphatic heterocycles. The zero-order valence-corrected chi connectivity index (χ0v) is 10.1. The van der Waals surface area contributed by atoms with Crippen molar-refractivity contribution in [3.05, 3.63) is 0 Å². The van der Waals surface area contributed by atoms with E-state index in [1.807, 2.05) is 0 Å². The zero-order valence-electron chi connectivity index (χ0n) is 10.1. The van der Waals surface area contributed by atoms with Crippen LogP contribution in [0.4, 0.5) is 4.39 Å². The minimum absolute atomic E-state index is 0.165. The van der Waals surface area contributed by atoms with Crippen LogP contribution in [0, 0.1) is 0 Å². The molecule has 0 aromatic heterocycles. The molecular formula is C11H17FO5. The first kappa shape index (κ1) is 12.7. The van der Waals surface area contributed by atoms with Gasteiger partial charge >= 0.3 is 5.97 Å². The fourth-order valence-corrected chi connectivity index (χ4v) is 2.22. The first-order valence-corrected chi connectivity index (χ1v) is 5.67. The van der Waals surface area contributed by atoms with Crippen molar-refractivity contribution in [3.63, 3.8) is 0 Å². The molecule has 0 amide bonds. The van der Waals surface area contributed by atoms with E-state index in [4.69, 9.17) is 18.9 Å². The van der Waals surface area contributed by atoms with Crippen molar-refractivity contribution in [3.8, 4) is 0 Å². The van der Waals surface area contributed by atoms with Gasteiger partial charge in [0.25, 0.3) is 0 Å². The van der Waals surface area contributed by atoms with Gasteiger partial charge in [-0.1, -0.05) is 0 Å². The molecule has 0 unspecified atom stereocenters. The van der Waals surface area contributed by atoms with Gasteiger partial charge in [0.15, 0.2) is 24.3 Å². The van der Waals surface area contributed by atoms with Gasteiger partial charge in [-0.25, -0.2) is 0 Å². The number of esters is 1. The van der Waals surface area contributed by atoms with E-state index < -0.39 is 43.0 Å². The normalized spacial score (nSPS) is 39.1. The molecule has 17 heavy (non-hydrogen) atoms. The van der Waals surface area contributed by atoms with Crippen molar-refractivity contribution < 1.29 is 28.1 Å². The minimum atomic E-state index is -0.769. The second kappa shape index (κ2) is 4.51. The summed E-state index contributed by atoms with van der Waals surface area (Å²) in [5, 5.41) is 0. The Kier molecular flexibility index (Phi) is 3.38. The van der Waals surface area contributed by atoms with Crippen LogP contribution in [0.15, 0.2) is 0 Å². The first-order chi connectivity index (χ1) is 7.93. The van der Waals surface area contributed by atoms with E-state index in [9.17, 15) is 9.18 Å². The van der Waals surface area contributed by atoms with E-state index in [0.29, 0.717) is 0 Å². The van der Waals surface area contributed by atoms with Gasteiger partial charge in [0.05, 0.1) is 6.67 Å². The monoisotopic (exact) mass is 248 g/mol. The van der Waals surface area contributed by atoms with Gasteiger partial charge in [-0.2, -0.15) is 0 Å². The number of hydrogen-bond donors (Lipinski definition) is 0. The number of rotatable bonds is 3. The van der Waals surface area contributed by atoms with Crippen LogP contribution in [0.3, 0.4) is 0 Å². The molecule has 2 fully saturated rings. The van der Waals surface area contributed by atoms with E-state index in [-0.39, 0.29) is 6.42 Å². The van der Waals surface area contributed by atoms with Gasteiger partial charge in [0.1, 0.15) is 6.10 Å². The molecule has 0 bridgehead atoms. The molecule has 98 valence electrons. The highest BCUT2D eigenvalue weighted by atomic mass is 19.1. The molecule has 0 aromatic rings. The van der Waals surface area contributed by atoms with E-state index >= 15 is 0 Å². The Balaban J connectivity index is 2.09. The summed E-state index contributed by atoms with van der Waals surface area (Å²) >= 11 is 0. The maximum absolute atomic E-state index is 12.4. The lowest BCUT2D eigenvalue weighted by Gasteiger charge is -2.24. The number of alkyl halides is 1. The Morgan fingerprint density at radius 2 is 2.12 bits per heavy atom. The number of carbonyl (C=O) groups is 1. The van der Waals surface area contributed by atoms with E-state index in [1.54, 1.807) is 13.8 Å². The smallest absolute Gasteiger partial charge is 0.303 e. The fourth-order valence-electron chi connectivity index (χ4n) is 2.22. The average Bonchev–Trinajstić information content (AvgIpc) is 2.62. The summed E-state index contributed by atoms with van der Waals surface area (Å²) in [7, 11) is 0. The molecule has 0 radical (unpaired) electrons. The van der Waals surface area contributed by atoms with Crippen LogP contribution in [0.2, 0.25) is 0 Å². The molecule has 0 aromatic carbocycles. The summed E-state index contributed by atoms with van der Waals surface area (Å²) in [4.78, 5) is 11.0. The number of fused-ring (bicyclic) bond motifs is 1. The van der Waals surface area contributed by atoms with Crippen LogP contribution in [-0.4, -0.2) is 43.0 Å². The topological polar surface area (TPSA) is 54.0 Å². The van der Waals surface area contributed by atoms with Crippen molar-refractivity contribution in [1.29, 1.82) is 0 Å². The third-order valence-electron chi connectivity index (χ3n) is 2.78. The number of halogens is 1. The molecule has 0 saturated carbocycles. The van der Waals surface area contributed by atoms with Gasteiger partial charge in [-0.15, -0.1) is 0 Å². The molecule has 2 aliphatic rings. The van der Waals surface area contributed by atoms with E-state index in [0.717, 1.165) is 0 Å². The summed E-state index contributed by atoms with van der Waals surface area (Å²) in [6, 6.07) is 0. The highest BCUT2D eigenvalue weighted by Crippen LogP contribution is 2.39. The average molecular weight is 248 g/mol. The summed E-state index contributed by atoms with van der Waals surface area (Å²) in [5.41, 5.74) is 0. The lowest BCUT2D eigenvalue weighted by atomic mass is 10.1. The Morgan fingerprint density at radius 1 is 1.41 bits per heavy atom. The third-order valence-corrected chi connectivity index (χ3v) is 2.78. The third kappa shape index (κ3) is 2.59. The molecule has 5 nitrogen and oxygen atoms in total. The molecule has 0 aliphatic carbocycles. The lowest BCUT2D eigenvalue weighted by molar-refractivity contribution is -0.219. The molecule has 0 spiro atoms. The largest absolute Gasteiger partial charge is 0.457 e. The van der Waals surface area contributed by atoms with Crippen molar-refractivity contribution >= 4 is 5.97 Å². The quantitative estimate of drug-likeness (QED) is 0.701. The maximum Gasteiger partial charge on any atom is 0.303 e. The summed E-state index contributed by atoms with van der Waals surface area (Å²) in [6.07, 6.45) is -2.01. The highest BCUT2D eigenvalue weighted by Gasteiger charge is 2.56. The van der Waals surface area contributed by atoms with Crippen LogP contribution in [0.5, 0.6) is 0 Å². The van der Waals surface area contributed by atoms with E-state index in [1.165, 1.54) is 6.92 Å². The van der Waals surface area contributed by atoms with Crippen molar-refractivity contribution in [2.75, 3.05) is 6.67 Å².